The summed E-state index contributed by atoms with van der Waals surface area (Å²) in [6, 6.07) is 10.9. The molecule has 0 aliphatic carbocycles. The molecule has 1 N–H and O–H groups in total. The number of nitrogens with one attached hydrogen (secondary N) is 1. The summed E-state index contributed by atoms with van der Waals surface area (Å²) >= 11 is 0. The fourth-order valence-corrected chi connectivity index (χ4v) is 4.43. The normalized spacial score (nSPS) is 15.8. The molecule has 2 aromatic carbocycles. The number of amides is 1. The molecular formula is C30H33F3N4O4. The lowest BCUT2D eigenvalue weighted by molar-refractivity contribution is -0.138. The third-order valence-corrected chi connectivity index (χ3v) is 6.34. The number of hydrogen-bond donors (Lipinski definition) is 1. The number of rotatable bonds is 8. The lowest BCUT2D eigenvalue weighted by Crippen LogP contribution is -2.37. The van der Waals surface area contributed by atoms with Crippen LogP contribution in [0.4, 0.5) is 18.0 Å². The molecule has 0 unspecified atom stereocenters. The Morgan fingerprint density at radius 3 is 2.68 bits per heavy atom. The molecule has 1 atom stereocenters. The van der Waals surface area contributed by atoms with Gasteiger partial charge in [0.05, 0.1) is 5.56 Å². The number of aromatic nitrogens is 2. The summed E-state index contributed by atoms with van der Waals surface area (Å²) in [6.07, 6.45) is -0.437. The third-order valence-electron chi connectivity index (χ3n) is 6.34. The highest BCUT2D eigenvalue weighted by Gasteiger charge is 2.36. The molecule has 0 spiro atoms. The number of likely N-dealkylation sites (tertiary alicyclic amines) is 1. The van der Waals surface area contributed by atoms with E-state index < -0.39 is 29.5 Å². The summed E-state index contributed by atoms with van der Waals surface area (Å²) < 4.78 is 58.0. The third kappa shape index (κ3) is 7.68. The Hall–Kier alpha value is -4.28. The lowest BCUT2D eigenvalue weighted by Gasteiger charge is -2.27. The number of ether oxygens (including phenoxy) is 2. The summed E-state index contributed by atoms with van der Waals surface area (Å²) in [5, 5.41) is 6.55. The van der Waals surface area contributed by atoms with E-state index >= 15 is 0 Å². The minimum absolute atomic E-state index is 0.00839. The number of alkyl carbamates (subject to hydrolysis) is 1. The van der Waals surface area contributed by atoms with Gasteiger partial charge in [0, 0.05) is 12.1 Å². The van der Waals surface area contributed by atoms with Crippen LogP contribution in [0.2, 0.25) is 0 Å². The highest BCUT2D eigenvalue weighted by molar-refractivity contribution is 5.69. The largest absolute Gasteiger partial charge is 0.489 e. The van der Waals surface area contributed by atoms with Crippen LogP contribution in [-0.2, 0) is 10.9 Å². The molecular weight excluding hydrogens is 537 g/mol. The van der Waals surface area contributed by atoms with E-state index in [1.54, 1.807) is 31.7 Å². The Balaban J connectivity index is 1.48. The first-order chi connectivity index (χ1) is 19.3. The monoisotopic (exact) mass is 570 g/mol. The Kier molecular flexibility index (Phi) is 8.74. The molecule has 8 nitrogen and oxygen atoms in total. The minimum atomic E-state index is -4.66. The quantitative estimate of drug-likeness (QED) is 0.304. The predicted molar refractivity (Wildman–Crippen MR) is 148 cm³/mol. The fraction of sp³-hybridized carbons (Fsp3) is 0.367. The number of alkyl halides is 3. The van der Waals surface area contributed by atoms with Crippen molar-refractivity contribution in [3.8, 4) is 17.1 Å². The Morgan fingerprint density at radius 1 is 1.22 bits per heavy atom. The molecule has 11 heteroatoms. The summed E-state index contributed by atoms with van der Waals surface area (Å²) in [4.78, 5) is 18.4. The predicted octanol–water partition coefficient (Wildman–Crippen LogP) is 7.29. The van der Waals surface area contributed by atoms with Crippen molar-refractivity contribution in [1.29, 1.82) is 0 Å². The van der Waals surface area contributed by atoms with Crippen LogP contribution in [-0.4, -0.2) is 39.9 Å². The summed E-state index contributed by atoms with van der Waals surface area (Å²) in [7, 11) is 0. The van der Waals surface area contributed by atoms with Gasteiger partial charge in [0.15, 0.2) is 0 Å². The van der Waals surface area contributed by atoms with Gasteiger partial charge in [-0.1, -0.05) is 42.1 Å². The second kappa shape index (κ2) is 12.1. The molecule has 2 heterocycles. The summed E-state index contributed by atoms with van der Waals surface area (Å²) in [6.45, 7) is 11.7. The van der Waals surface area contributed by atoms with Crippen molar-refractivity contribution < 1.29 is 32.0 Å². The molecule has 3 aromatic rings. The molecule has 0 saturated carbocycles. The van der Waals surface area contributed by atoms with Gasteiger partial charge in [-0.2, -0.15) is 18.2 Å². The average Bonchev–Trinajstić information content (AvgIpc) is 3.56. The van der Waals surface area contributed by atoms with Gasteiger partial charge in [0.1, 0.15) is 29.8 Å². The van der Waals surface area contributed by atoms with E-state index in [1.807, 2.05) is 37.3 Å². The number of nitrogens with zero attached hydrogens (tertiary/aromatic N) is 3. The summed E-state index contributed by atoms with van der Waals surface area (Å²) in [5.41, 5.74) is 0.520. The number of halogens is 3. The smallest absolute Gasteiger partial charge is 0.419 e. The van der Waals surface area contributed by atoms with Gasteiger partial charge in [-0.15, -0.1) is 0 Å². The Bertz CT molecular complexity index is 1430. The van der Waals surface area contributed by atoms with Crippen LogP contribution in [0, 0.1) is 6.92 Å². The Morgan fingerprint density at radius 2 is 1.98 bits per heavy atom. The highest BCUT2D eigenvalue weighted by Crippen LogP contribution is 2.39. The maximum absolute atomic E-state index is 13.9. The van der Waals surface area contributed by atoms with Crippen LogP contribution in [0.3, 0.4) is 0 Å². The van der Waals surface area contributed by atoms with E-state index in [4.69, 9.17) is 14.0 Å². The number of benzene rings is 2. The van der Waals surface area contributed by atoms with E-state index in [9.17, 15) is 18.0 Å². The zero-order valence-electron chi connectivity index (χ0n) is 23.4. The fourth-order valence-electron chi connectivity index (χ4n) is 4.43. The molecule has 41 heavy (non-hydrogen) atoms. The molecule has 1 saturated heterocycles. The lowest BCUT2D eigenvalue weighted by atomic mass is 10.1. The average molecular weight is 571 g/mol. The Labute approximate surface area is 236 Å². The number of aryl methyl sites for hydroxylation is 1. The van der Waals surface area contributed by atoms with Crippen LogP contribution in [0.25, 0.3) is 17.5 Å². The topological polar surface area (TPSA) is 89.7 Å². The van der Waals surface area contributed by atoms with Crippen molar-refractivity contribution in [3.63, 3.8) is 0 Å². The van der Waals surface area contributed by atoms with Crippen LogP contribution in [0.5, 0.6) is 5.75 Å². The molecule has 4 rings (SSSR count). The molecule has 0 bridgehead atoms. The first-order valence-corrected chi connectivity index (χ1v) is 13.2. The van der Waals surface area contributed by atoms with E-state index in [0.29, 0.717) is 18.8 Å². The van der Waals surface area contributed by atoms with Gasteiger partial charge in [-0.3, -0.25) is 5.32 Å². The second-order valence-corrected chi connectivity index (χ2v) is 10.7. The minimum Gasteiger partial charge on any atom is -0.489 e. The van der Waals surface area contributed by atoms with Crippen molar-refractivity contribution in [2.75, 3.05) is 13.2 Å². The van der Waals surface area contributed by atoms with E-state index in [0.717, 1.165) is 23.6 Å². The van der Waals surface area contributed by atoms with Crippen molar-refractivity contribution >= 4 is 12.2 Å². The summed E-state index contributed by atoms with van der Waals surface area (Å²) in [5.74, 6) is 0.221. The van der Waals surface area contributed by atoms with Crippen molar-refractivity contribution in [3.05, 3.63) is 83.5 Å². The zero-order chi connectivity index (χ0) is 29.8. The zero-order valence-corrected chi connectivity index (χ0v) is 23.4. The van der Waals surface area contributed by atoms with Crippen LogP contribution in [0.15, 0.2) is 65.5 Å². The van der Waals surface area contributed by atoms with Crippen LogP contribution < -0.4 is 10.1 Å². The van der Waals surface area contributed by atoms with Gasteiger partial charge in [0.25, 0.3) is 0 Å². The van der Waals surface area contributed by atoms with Gasteiger partial charge in [0.2, 0.25) is 11.7 Å². The second-order valence-electron chi connectivity index (χ2n) is 10.7. The maximum atomic E-state index is 13.9. The molecule has 1 amide bonds. The molecule has 1 fully saturated rings. The number of carbonyl (C=O) groups is 1. The van der Waals surface area contributed by atoms with Crippen LogP contribution in [0.1, 0.15) is 62.2 Å². The molecule has 1 aromatic heterocycles. The van der Waals surface area contributed by atoms with Gasteiger partial charge < -0.3 is 18.9 Å². The SMILES string of the molecule is C=C(NC(=O)OC(C)(C)C)N1CCC[C@H]1c1nc(-c2ccc(OC/C=C/c3ccccc3C)c(C(F)(F)F)c2)no1. The first-order valence-electron chi connectivity index (χ1n) is 13.2. The molecule has 1 aliphatic heterocycles. The van der Waals surface area contributed by atoms with E-state index in [-0.39, 0.29) is 29.6 Å². The molecule has 218 valence electrons. The van der Waals surface area contributed by atoms with Crippen molar-refractivity contribution in [2.45, 2.75) is 58.4 Å². The van der Waals surface area contributed by atoms with Crippen molar-refractivity contribution in [2.24, 2.45) is 0 Å². The van der Waals surface area contributed by atoms with Gasteiger partial charge >= 0.3 is 12.3 Å². The van der Waals surface area contributed by atoms with Crippen molar-refractivity contribution in [1.82, 2.24) is 20.4 Å². The first kappa shape index (κ1) is 29.7. The van der Waals surface area contributed by atoms with Crippen LogP contribution >= 0.6 is 0 Å². The molecule has 1 aliphatic rings. The maximum Gasteiger partial charge on any atom is 0.419 e. The van der Waals surface area contributed by atoms with E-state index in [1.165, 1.54) is 12.1 Å². The highest BCUT2D eigenvalue weighted by atomic mass is 19.4. The van der Waals surface area contributed by atoms with Gasteiger partial charge in [-0.25, -0.2) is 4.79 Å². The van der Waals surface area contributed by atoms with Gasteiger partial charge in [-0.05, 0) is 75.9 Å². The number of carbonyl (C=O) groups excluding carboxylic acids is 1. The number of hydrogen-bond acceptors (Lipinski definition) is 7. The standard InChI is InChI=1S/C30H33F3N4O4/c1-19-10-6-7-11-21(19)12-9-17-39-25-15-14-22(18-23(25)30(31,32)33)26-35-27(41-36-26)24-13-8-16-37(24)20(2)34-28(38)40-29(3,4)5/h6-7,9-12,14-15,18,24H,2,8,13,16-17H2,1,3-5H3,(H,34,38)/b12-9+/t24-/m0/s1. The molecule has 0 radical (unpaired) electrons. The van der Waals surface area contributed by atoms with E-state index in [2.05, 4.69) is 22.0 Å².